The highest BCUT2D eigenvalue weighted by molar-refractivity contribution is 4.84. The number of piperazine rings is 1. The Morgan fingerprint density at radius 3 is 2.41 bits per heavy atom. The van der Waals surface area contributed by atoms with E-state index in [0.717, 1.165) is 26.1 Å². The number of nitrogens with two attached hydrogens (primary N) is 1. The Bertz CT molecular complexity index is 212. The Morgan fingerprint density at radius 2 is 1.94 bits per heavy atom. The van der Waals surface area contributed by atoms with E-state index < -0.39 is 0 Å². The topological polar surface area (TPSA) is 51.0 Å². The molecule has 2 unspecified atom stereocenters. The first-order chi connectivity index (χ1) is 8.12. The molecule has 0 aromatic carbocycles. The van der Waals surface area contributed by atoms with Crippen molar-refractivity contribution in [1.29, 1.82) is 0 Å². The molecule has 0 aromatic heterocycles. The largest absolute Gasteiger partial charge is 0.356 e. The normalized spacial score (nSPS) is 25.4. The highest BCUT2D eigenvalue weighted by Crippen LogP contribution is 2.16. The number of hydrogen-bond acceptors (Lipinski definition) is 5. The van der Waals surface area contributed by atoms with Crippen LogP contribution >= 0.6 is 0 Å². The molecule has 1 aliphatic rings. The van der Waals surface area contributed by atoms with Gasteiger partial charge in [-0.05, 0) is 14.0 Å². The van der Waals surface area contributed by atoms with Gasteiger partial charge in [0.2, 0.25) is 0 Å². The van der Waals surface area contributed by atoms with Gasteiger partial charge < -0.3 is 20.1 Å². The van der Waals surface area contributed by atoms with Crippen LogP contribution in [0.25, 0.3) is 0 Å². The van der Waals surface area contributed by atoms with E-state index in [1.807, 2.05) is 0 Å². The maximum absolute atomic E-state index is 5.89. The molecule has 0 aliphatic carbocycles. The van der Waals surface area contributed by atoms with Crippen molar-refractivity contribution in [1.82, 2.24) is 9.80 Å². The minimum Gasteiger partial charge on any atom is -0.356 e. The quantitative estimate of drug-likeness (QED) is 0.665. The zero-order chi connectivity index (χ0) is 12.8. The molecule has 0 amide bonds. The highest BCUT2D eigenvalue weighted by Gasteiger charge is 2.28. The van der Waals surface area contributed by atoms with Crippen molar-refractivity contribution in [3.63, 3.8) is 0 Å². The SMILES string of the molecule is COC(CC(CN)N1CCN(C)CC1C)OC. The van der Waals surface area contributed by atoms with E-state index in [1.54, 1.807) is 14.2 Å². The van der Waals surface area contributed by atoms with E-state index in [1.165, 1.54) is 0 Å². The average molecular weight is 245 g/mol. The van der Waals surface area contributed by atoms with Crippen LogP contribution in [-0.2, 0) is 9.47 Å². The van der Waals surface area contributed by atoms with Crippen LogP contribution in [0.2, 0.25) is 0 Å². The van der Waals surface area contributed by atoms with Gasteiger partial charge >= 0.3 is 0 Å². The van der Waals surface area contributed by atoms with Crippen molar-refractivity contribution in [2.45, 2.75) is 31.7 Å². The summed E-state index contributed by atoms with van der Waals surface area (Å²) in [5.41, 5.74) is 5.89. The molecule has 17 heavy (non-hydrogen) atoms. The van der Waals surface area contributed by atoms with Gasteiger partial charge in [-0.25, -0.2) is 0 Å². The van der Waals surface area contributed by atoms with Crippen LogP contribution in [0, 0.1) is 0 Å². The Morgan fingerprint density at radius 1 is 1.29 bits per heavy atom. The van der Waals surface area contributed by atoms with E-state index >= 15 is 0 Å². The van der Waals surface area contributed by atoms with Crippen LogP contribution in [0.15, 0.2) is 0 Å². The van der Waals surface area contributed by atoms with Gasteiger partial charge in [0.1, 0.15) is 0 Å². The molecule has 102 valence electrons. The second-order valence-electron chi connectivity index (χ2n) is 4.88. The minimum absolute atomic E-state index is 0.157. The molecule has 1 fully saturated rings. The van der Waals surface area contributed by atoms with Crippen molar-refractivity contribution >= 4 is 0 Å². The van der Waals surface area contributed by atoms with Crippen molar-refractivity contribution in [3.8, 4) is 0 Å². The van der Waals surface area contributed by atoms with Crippen molar-refractivity contribution in [2.24, 2.45) is 5.73 Å². The molecule has 1 aliphatic heterocycles. The molecule has 0 spiro atoms. The Labute approximate surface area is 105 Å². The van der Waals surface area contributed by atoms with E-state index in [4.69, 9.17) is 15.2 Å². The van der Waals surface area contributed by atoms with Crippen molar-refractivity contribution in [2.75, 3.05) is 47.4 Å². The summed E-state index contributed by atoms with van der Waals surface area (Å²) in [6, 6.07) is 0.875. The standard InChI is InChI=1S/C12H27N3O2/c1-10-9-14(2)5-6-15(10)11(8-13)7-12(16-3)17-4/h10-12H,5-9,13H2,1-4H3. The predicted molar refractivity (Wildman–Crippen MR) is 68.9 cm³/mol. The summed E-state index contributed by atoms with van der Waals surface area (Å²) in [6.45, 7) is 6.18. The second kappa shape index (κ2) is 7.28. The summed E-state index contributed by atoms with van der Waals surface area (Å²) in [5.74, 6) is 0. The molecule has 2 atom stereocenters. The lowest BCUT2D eigenvalue weighted by molar-refractivity contribution is -0.120. The van der Waals surface area contributed by atoms with Crippen LogP contribution < -0.4 is 5.73 Å². The third-order valence-corrected chi connectivity index (χ3v) is 3.61. The molecule has 1 rings (SSSR count). The molecular weight excluding hydrogens is 218 g/mol. The van der Waals surface area contributed by atoms with Crippen LogP contribution in [0.3, 0.4) is 0 Å². The lowest BCUT2D eigenvalue weighted by atomic mass is 10.1. The predicted octanol–water partition coefficient (Wildman–Crippen LogP) is -0.0414. The number of likely N-dealkylation sites (N-methyl/N-ethyl adjacent to an activating group) is 1. The van der Waals surface area contributed by atoms with Crippen LogP contribution in [0.1, 0.15) is 13.3 Å². The van der Waals surface area contributed by atoms with Gasteiger partial charge in [-0.3, -0.25) is 4.90 Å². The van der Waals surface area contributed by atoms with Gasteiger partial charge in [-0.2, -0.15) is 0 Å². The third-order valence-electron chi connectivity index (χ3n) is 3.61. The monoisotopic (exact) mass is 245 g/mol. The fourth-order valence-electron chi connectivity index (χ4n) is 2.57. The molecule has 0 radical (unpaired) electrons. The number of rotatable bonds is 6. The zero-order valence-electron chi connectivity index (χ0n) is 11.6. The van der Waals surface area contributed by atoms with E-state index in [2.05, 4.69) is 23.8 Å². The fraction of sp³-hybridized carbons (Fsp3) is 1.00. The van der Waals surface area contributed by atoms with Crippen LogP contribution in [0.4, 0.5) is 0 Å². The average Bonchev–Trinajstić information content (AvgIpc) is 2.32. The van der Waals surface area contributed by atoms with Gasteiger partial charge in [0, 0.05) is 58.9 Å². The van der Waals surface area contributed by atoms with E-state index in [-0.39, 0.29) is 6.29 Å². The van der Waals surface area contributed by atoms with Crippen LogP contribution in [-0.4, -0.2) is 75.6 Å². The highest BCUT2D eigenvalue weighted by atomic mass is 16.7. The molecule has 1 saturated heterocycles. The lowest BCUT2D eigenvalue weighted by Crippen LogP contribution is -2.56. The summed E-state index contributed by atoms with van der Waals surface area (Å²) >= 11 is 0. The Kier molecular flexibility index (Phi) is 6.37. The number of ether oxygens (including phenoxy) is 2. The third kappa shape index (κ3) is 4.19. The molecular formula is C12H27N3O2. The minimum atomic E-state index is -0.157. The van der Waals surface area contributed by atoms with Crippen molar-refractivity contribution < 1.29 is 9.47 Å². The summed E-state index contributed by atoms with van der Waals surface area (Å²) in [6.07, 6.45) is 0.674. The lowest BCUT2D eigenvalue weighted by Gasteiger charge is -2.43. The number of nitrogens with zero attached hydrogens (tertiary/aromatic N) is 2. The first kappa shape index (κ1) is 14.9. The second-order valence-corrected chi connectivity index (χ2v) is 4.88. The van der Waals surface area contributed by atoms with E-state index in [9.17, 15) is 0 Å². The zero-order valence-corrected chi connectivity index (χ0v) is 11.6. The fourth-order valence-corrected chi connectivity index (χ4v) is 2.57. The van der Waals surface area contributed by atoms with E-state index in [0.29, 0.717) is 18.6 Å². The molecule has 5 heteroatoms. The molecule has 0 saturated carbocycles. The first-order valence-electron chi connectivity index (χ1n) is 6.32. The van der Waals surface area contributed by atoms with Crippen molar-refractivity contribution in [3.05, 3.63) is 0 Å². The summed E-state index contributed by atoms with van der Waals surface area (Å²) in [5, 5.41) is 0. The first-order valence-corrected chi connectivity index (χ1v) is 6.32. The molecule has 2 N–H and O–H groups in total. The Hall–Kier alpha value is -0.200. The van der Waals surface area contributed by atoms with Gasteiger partial charge in [0.25, 0.3) is 0 Å². The Balaban J connectivity index is 2.54. The van der Waals surface area contributed by atoms with Gasteiger partial charge in [0.15, 0.2) is 6.29 Å². The van der Waals surface area contributed by atoms with Crippen LogP contribution in [0.5, 0.6) is 0 Å². The smallest absolute Gasteiger partial charge is 0.158 e. The summed E-state index contributed by atoms with van der Waals surface area (Å²) < 4.78 is 10.5. The maximum atomic E-state index is 5.89. The van der Waals surface area contributed by atoms with Gasteiger partial charge in [-0.1, -0.05) is 0 Å². The summed E-state index contributed by atoms with van der Waals surface area (Å²) in [7, 11) is 5.52. The summed E-state index contributed by atoms with van der Waals surface area (Å²) in [4.78, 5) is 4.84. The number of hydrogen-bond donors (Lipinski definition) is 1. The maximum Gasteiger partial charge on any atom is 0.158 e. The number of methoxy groups -OCH3 is 2. The van der Waals surface area contributed by atoms with Gasteiger partial charge in [-0.15, -0.1) is 0 Å². The molecule has 0 bridgehead atoms. The molecule has 0 aromatic rings. The molecule has 5 nitrogen and oxygen atoms in total. The van der Waals surface area contributed by atoms with Gasteiger partial charge in [0.05, 0.1) is 0 Å². The molecule has 1 heterocycles.